The Balaban J connectivity index is 5.43. The summed E-state index contributed by atoms with van der Waals surface area (Å²) in [7, 11) is 0. The van der Waals surface area contributed by atoms with Crippen LogP contribution in [0.4, 0.5) is 0 Å². The summed E-state index contributed by atoms with van der Waals surface area (Å²) in [6, 6.07) is -5.52. The lowest BCUT2D eigenvalue weighted by molar-refractivity contribution is -0.144. The van der Waals surface area contributed by atoms with Crippen molar-refractivity contribution in [2.75, 3.05) is 5.75 Å². The molecule has 0 aromatic carbocycles. The van der Waals surface area contributed by atoms with Crippen LogP contribution in [0, 0.1) is 5.92 Å². The zero-order chi connectivity index (χ0) is 23.6. The van der Waals surface area contributed by atoms with Gasteiger partial charge in [-0.1, -0.05) is 13.8 Å². The number of aliphatic hydroxyl groups is 1. The molecular formula is C17H30N4O8S. The van der Waals surface area contributed by atoms with Gasteiger partial charge in [0, 0.05) is 5.75 Å². The van der Waals surface area contributed by atoms with Crippen LogP contribution >= 0.6 is 12.6 Å². The Morgan fingerprint density at radius 3 is 1.83 bits per heavy atom. The number of carboxylic acid groups (broad SMARTS) is 2. The summed E-state index contributed by atoms with van der Waals surface area (Å²) < 4.78 is 0. The minimum absolute atomic E-state index is 0.0313. The first-order chi connectivity index (χ1) is 13.8. The highest BCUT2D eigenvalue weighted by Gasteiger charge is 2.33. The third-order valence-corrected chi connectivity index (χ3v) is 4.32. The molecule has 0 aliphatic rings. The number of rotatable bonds is 13. The second kappa shape index (κ2) is 13.0. The van der Waals surface area contributed by atoms with E-state index in [-0.39, 0.29) is 18.1 Å². The Morgan fingerprint density at radius 1 is 0.900 bits per heavy atom. The number of nitrogens with one attached hydrogen (secondary N) is 3. The van der Waals surface area contributed by atoms with E-state index >= 15 is 0 Å². The second-order valence-corrected chi connectivity index (χ2v) is 7.57. The van der Waals surface area contributed by atoms with Gasteiger partial charge in [-0.2, -0.15) is 12.6 Å². The number of carbonyl (C=O) groups excluding carboxylic acids is 3. The van der Waals surface area contributed by atoms with E-state index in [9.17, 15) is 34.2 Å². The highest BCUT2D eigenvalue weighted by molar-refractivity contribution is 7.80. The first kappa shape index (κ1) is 27.6. The molecule has 0 fully saturated rings. The largest absolute Gasteiger partial charge is 0.481 e. The lowest BCUT2D eigenvalue weighted by atomic mass is 10.0. The number of nitrogens with two attached hydrogens (primary N) is 1. The van der Waals surface area contributed by atoms with Gasteiger partial charge in [0.25, 0.3) is 0 Å². The summed E-state index contributed by atoms with van der Waals surface area (Å²) in [5.74, 6) is -5.70. The Hall–Kier alpha value is -2.38. The molecule has 0 saturated carbocycles. The lowest BCUT2D eigenvalue weighted by Gasteiger charge is -2.26. The average molecular weight is 451 g/mol. The highest BCUT2D eigenvalue weighted by Crippen LogP contribution is 2.06. The number of thiol groups is 1. The smallest absolute Gasteiger partial charge is 0.326 e. The zero-order valence-electron chi connectivity index (χ0n) is 17.0. The van der Waals surface area contributed by atoms with Gasteiger partial charge >= 0.3 is 11.9 Å². The summed E-state index contributed by atoms with van der Waals surface area (Å²) in [4.78, 5) is 59.3. The second-order valence-electron chi connectivity index (χ2n) is 7.20. The van der Waals surface area contributed by atoms with Crippen LogP contribution in [0.2, 0.25) is 0 Å². The van der Waals surface area contributed by atoms with E-state index in [0.717, 1.165) is 0 Å². The predicted molar refractivity (Wildman–Crippen MR) is 109 cm³/mol. The van der Waals surface area contributed by atoms with E-state index in [4.69, 9.17) is 10.8 Å². The molecule has 0 aliphatic heterocycles. The van der Waals surface area contributed by atoms with Crippen LogP contribution in [0.1, 0.15) is 33.6 Å². The summed E-state index contributed by atoms with van der Waals surface area (Å²) in [5.41, 5.74) is 5.50. The standard InChI is InChI=1S/C17H30N4O8S/c1-7(2)4-11(17(28)29)20-15(26)10(5-12(23)24)19-16(27)13(8(3)22)21-14(25)9(18)6-30/h7-11,13,22,30H,4-6,18H2,1-3H3,(H,19,27)(H,20,26)(H,21,25)(H,23,24)(H,28,29). The van der Waals surface area contributed by atoms with E-state index in [1.807, 2.05) is 0 Å². The molecular weight excluding hydrogens is 420 g/mol. The molecule has 0 aromatic rings. The van der Waals surface area contributed by atoms with Crippen LogP contribution in [0.25, 0.3) is 0 Å². The molecule has 5 unspecified atom stereocenters. The van der Waals surface area contributed by atoms with Gasteiger partial charge in [-0.3, -0.25) is 19.2 Å². The number of aliphatic carboxylic acids is 2. The van der Waals surface area contributed by atoms with Crippen LogP contribution in [0.5, 0.6) is 0 Å². The fraction of sp³-hybridized carbons (Fsp3) is 0.706. The normalized spacial score (nSPS) is 16.0. The van der Waals surface area contributed by atoms with Crippen LogP contribution in [0.3, 0.4) is 0 Å². The SMILES string of the molecule is CC(C)CC(NC(=O)C(CC(=O)O)NC(=O)C(NC(=O)C(N)CS)C(C)O)C(=O)O. The first-order valence-electron chi connectivity index (χ1n) is 9.20. The van der Waals surface area contributed by atoms with Crippen molar-refractivity contribution in [3.8, 4) is 0 Å². The molecule has 0 aliphatic carbocycles. The maximum absolute atomic E-state index is 12.5. The van der Waals surface area contributed by atoms with E-state index in [1.165, 1.54) is 6.92 Å². The van der Waals surface area contributed by atoms with Gasteiger partial charge in [0.1, 0.15) is 18.1 Å². The van der Waals surface area contributed by atoms with Gasteiger partial charge < -0.3 is 37.0 Å². The molecule has 3 amide bonds. The van der Waals surface area contributed by atoms with Gasteiger partial charge in [-0.15, -0.1) is 0 Å². The molecule has 172 valence electrons. The number of carboxylic acids is 2. The van der Waals surface area contributed by atoms with Gasteiger partial charge in [-0.25, -0.2) is 4.79 Å². The van der Waals surface area contributed by atoms with Crippen LogP contribution in [-0.2, 0) is 24.0 Å². The molecule has 5 atom stereocenters. The van der Waals surface area contributed by atoms with Crippen LogP contribution in [-0.4, -0.2) is 81.0 Å². The summed E-state index contributed by atoms with van der Waals surface area (Å²) in [6.45, 7) is 4.68. The number of aliphatic hydroxyl groups excluding tert-OH is 1. The van der Waals surface area contributed by atoms with Crippen molar-refractivity contribution in [1.29, 1.82) is 0 Å². The molecule has 8 N–H and O–H groups in total. The molecule has 0 saturated heterocycles. The lowest BCUT2D eigenvalue weighted by Crippen LogP contribution is -2.60. The number of hydrogen-bond donors (Lipinski definition) is 8. The minimum Gasteiger partial charge on any atom is -0.481 e. The summed E-state index contributed by atoms with van der Waals surface area (Å²) in [5, 5.41) is 34.6. The third kappa shape index (κ3) is 9.89. The monoisotopic (exact) mass is 450 g/mol. The van der Waals surface area contributed by atoms with E-state index in [0.29, 0.717) is 0 Å². The fourth-order valence-corrected chi connectivity index (χ4v) is 2.52. The Labute approximate surface area is 179 Å². The Kier molecular flexibility index (Phi) is 12.0. The first-order valence-corrected chi connectivity index (χ1v) is 9.83. The fourth-order valence-electron chi connectivity index (χ4n) is 2.36. The van der Waals surface area contributed by atoms with Crippen molar-refractivity contribution in [2.24, 2.45) is 11.7 Å². The topological polar surface area (TPSA) is 208 Å². The van der Waals surface area contributed by atoms with Crippen molar-refractivity contribution in [3.63, 3.8) is 0 Å². The van der Waals surface area contributed by atoms with Gasteiger partial charge in [-0.05, 0) is 19.3 Å². The van der Waals surface area contributed by atoms with E-state index in [1.54, 1.807) is 13.8 Å². The number of carbonyl (C=O) groups is 5. The molecule has 0 heterocycles. The van der Waals surface area contributed by atoms with Crippen LogP contribution in [0.15, 0.2) is 0 Å². The highest BCUT2D eigenvalue weighted by atomic mass is 32.1. The van der Waals surface area contributed by atoms with Gasteiger partial charge in [0.2, 0.25) is 17.7 Å². The van der Waals surface area contributed by atoms with Gasteiger partial charge in [0.15, 0.2) is 0 Å². The molecule has 0 bridgehead atoms. The van der Waals surface area contributed by atoms with Crippen molar-refractivity contribution >= 4 is 42.3 Å². The number of amides is 3. The van der Waals surface area contributed by atoms with Crippen molar-refractivity contribution in [1.82, 2.24) is 16.0 Å². The Morgan fingerprint density at radius 2 is 1.43 bits per heavy atom. The van der Waals surface area contributed by atoms with E-state index in [2.05, 4.69) is 28.6 Å². The quantitative estimate of drug-likeness (QED) is 0.141. The molecule has 0 rings (SSSR count). The average Bonchev–Trinajstić information content (AvgIpc) is 2.62. The predicted octanol–water partition coefficient (Wildman–Crippen LogP) is -2.32. The van der Waals surface area contributed by atoms with Crippen molar-refractivity contribution < 1.29 is 39.3 Å². The maximum Gasteiger partial charge on any atom is 0.326 e. The van der Waals surface area contributed by atoms with Crippen molar-refractivity contribution in [3.05, 3.63) is 0 Å². The summed E-state index contributed by atoms with van der Waals surface area (Å²) >= 11 is 3.86. The zero-order valence-corrected chi connectivity index (χ0v) is 17.9. The molecule has 0 radical (unpaired) electrons. The van der Waals surface area contributed by atoms with Crippen LogP contribution < -0.4 is 21.7 Å². The summed E-state index contributed by atoms with van der Waals surface area (Å²) in [6.07, 6.45) is -2.16. The molecule has 30 heavy (non-hydrogen) atoms. The molecule has 12 nitrogen and oxygen atoms in total. The van der Waals surface area contributed by atoms with E-state index < -0.39 is 66.4 Å². The molecule has 0 spiro atoms. The Bertz CT molecular complexity index is 643. The molecule has 13 heteroatoms. The molecule has 0 aromatic heterocycles. The van der Waals surface area contributed by atoms with Crippen molar-refractivity contribution in [2.45, 2.75) is 63.9 Å². The van der Waals surface area contributed by atoms with Gasteiger partial charge in [0.05, 0.1) is 18.6 Å². The maximum atomic E-state index is 12.5. The minimum atomic E-state index is -1.64. The number of hydrogen-bond acceptors (Lipinski definition) is 8. The third-order valence-electron chi connectivity index (χ3n) is 3.93.